The number of halogens is 3. The Morgan fingerprint density at radius 2 is 1.79 bits per heavy atom. The minimum Gasteiger partial charge on any atom is -0.381 e. The lowest BCUT2D eigenvalue weighted by Gasteiger charge is -2.35. The van der Waals surface area contributed by atoms with E-state index in [1.165, 1.54) is 6.07 Å². The number of nitrogens with one attached hydrogen (secondary N) is 1. The first-order valence-corrected chi connectivity index (χ1v) is 8.97. The van der Waals surface area contributed by atoms with Crippen LogP contribution in [-0.4, -0.2) is 30.4 Å². The topological polar surface area (TPSA) is 55.4 Å². The van der Waals surface area contributed by atoms with Crippen molar-refractivity contribution >= 4 is 46.5 Å². The second-order valence-corrected chi connectivity index (χ2v) is 7.69. The zero-order valence-corrected chi connectivity index (χ0v) is 15.7. The molecule has 1 aliphatic heterocycles. The lowest BCUT2D eigenvalue weighted by Crippen LogP contribution is -2.50. The quantitative estimate of drug-likeness (QED) is 0.775. The van der Waals surface area contributed by atoms with Crippen LogP contribution < -0.4 is 5.32 Å². The van der Waals surface area contributed by atoms with Crippen molar-refractivity contribution in [2.24, 2.45) is 0 Å². The number of rotatable bonds is 2. The maximum absolute atomic E-state index is 13.1. The zero-order valence-electron chi connectivity index (χ0n) is 13.4. The van der Waals surface area contributed by atoms with E-state index < -0.39 is 11.5 Å². The molecule has 1 aliphatic carbocycles. The van der Waals surface area contributed by atoms with E-state index in [2.05, 4.69) is 5.32 Å². The van der Waals surface area contributed by atoms with Crippen LogP contribution >= 0.6 is 34.8 Å². The van der Waals surface area contributed by atoms with Crippen LogP contribution in [0.1, 0.15) is 42.7 Å². The van der Waals surface area contributed by atoms with Crippen molar-refractivity contribution in [3.63, 3.8) is 0 Å². The molecule has 0 radical (unpaired) electrons. The van der Waals surface area contributed by atoms with Crippen LogP contribution in [0.25, 0.3) is 0 Å². The third kappa shape index (κ3) is 2.74. The van der Waals surface area contributed by atoms with Gasteiger partial charge in [0.15, 0.2) is 5.78 Å². The molecule has 1 amide bonds. The van der Waals surface area contributed by atoms with Gasteiger partial charge in [0.2, 0.25) is 5.91 Å². The van der Waals surface area contributed by atoms with Gasteiger partial charge in [0.1, 0.15) is 5.92 Å². The van der Waals surface area contributed by atoms with E-state index >= 15 is 0 Å². The third-order valence-electron chi connectivity index (χ3n) is 5.20. The third-order valence-corrected chi connectivity index (χ3v) is 6.39. The molecule has 3 rings (SSSR count). The summed E-state index contributed by atoms with van der Waals surface area (Å²) in [5.74, 6) is -1.49. The predicted octanol–water partition coefficient (Wildman–Crippen LogP) is 4.07. The van der Waals surface area contributed by atoms with E-state index in [0.29, 0.717) is 29.0 Å². The number of carbonyl (C=O) groups is 2. The maximum atomic E-state index is 13.1. The second kappa shape index (κ2) is 6.49. The minimum absolute atomic E-state index is 0.129. The first kappa shape index (κ1) is 18.0. The van der Waals surface area contributed by atoms with Crippen LogP contribution in [0.3, 0.4) is 0 Å². The highest BCUT2D eigenvalue weighted by atomic mass is 35.5. The molecule has 2 aliphatic rings. The number of hydrogen-bond donors (Lipinski definition) is 1. The van der Waals surface area contributed by atoms with Gasteiger partial charge in [0.25, 0.3) is 0 Å². The predicted molar refractivity (Wildman–Crippen MR) is 94.1 cm³/mol. The van der Waals surface area contributed by atoms with Crippen molar-refractivity contribution < 1.29 is 14.3 Å². The molecule has 1 N–H and O–H groups in total. The Morgan fingerprint density at radius 1 is 1.17 bits per heavy atom. The summed E-state index contributed by atoms with van der Waals surface area (Å²) in [6.07, 6.45) is 2.72. The number of hydrogen-bond acceptors (Lipinski definition) is 3. The summed E-state index contributed by atoms with van der Waals surface area (Å²) in [4.78, 5) is 25.7. The molecule has 1 heterocycles. The molecular weight excluding hydrogens is 373 g/mol. The van der Waals surface area contributed by atoms with Crippen LogP contribution in [-0.2, 0) is 14.3 Å². The smallest absolute Gasteiger partial charge is 0.236 e. The van der Waals surface area contributed by atoms with Crippen LogP contribution in [0.15, 0.2) is 6.07 Å². The van der Waals surface area contributed by atoms with Crippen molar-refractivity contribution in [3.05, 3.63) is 32.3 Å². The van der Waals surface area contributed by atoms with Crippen LogP contribution in [0.5, 0.6) is 0 Å². The van der Waals surface area contributed by atoms with Gasteiger partial charge in [-0.15, -0.1) is 0 Å². The minimum atomic E-state index is -0.986. The molecule has 4 nitrogen and oxygen atoms in total. The lowest BCUT2D eigenvalue weighted by atomic mass is 9.76. The summed E-state index contributed by atoms with van der Waals surface area (Å²) >= 11 is 18.7. The fourth-order valence-electron chi connectivity index (χ4n) is 3.69. The van der Waals surface area contributed by atoms with Gasteiger partial charge in [-0.05, 0) is 44.2 Å². The molecule has 1 aromatic carbocycles. The molecule has 1 unspecified atom stereocenters. The van der Waals surface area contributed by atoms with Gasteiger partial charge in [-0.2, -0.15) is 0 Å². The average Bonchev–Trinajstić information content (AvgIpc) is 2.78. The highest BCUT2D eigenvalue weighted by Crippen LogP contribution is 2.45. The number of methoxy groups -OCH3 is 1. The van der Waals surface area contributed by atoms with Gasteiger partial charge < -0.3 is 10.1 Å². The van der Waals surface area contributed by atoms with Crippen LogP contribution in [0, 0.1) is 6.92 Å². The number of benzene rings is 1. The van der Waals surface area contributed by atoms with Gasteiger partial charge >= 0.3 is 0 Å². The highest BCUT2D eigenvalue weighted by Gasteiger charge is 2.55. The average molecular weight is 391 g/mol. The summed E-state index contributed by atoms with van der Waals surface area (Å²) in [6.45, 7) is 1.74. The molecule has 1 saturated carbocycles. The molecule has 24 heavy (non-hydrogen) atoms. The van der Waals surface area contributed by atoms with Crippen molar-refractivity contribution in [2.45, 2.75) is 50.2 Å². The Balaban J connectivity index is 1.98. The van der Waals surface area contributed by atoms with E-state index in [9.17, 15) is 9.59 Å². The molecule has 0 aromatic heterocycles. The monoisotopic (exact) mass is 389 g/mol. The van der Waals surface area contributed by atoms with Crippen LogP contribution in [0.2, 0.25) is 15.1 Å². The van der Waals surface area contributed by atoms with Crippen molar-refractivity contribution in [3.8, 4) is 0 Å². The molecule has 7 heteroatoms. The summed E-state index contributed by atoms with van der Waals surface area (Å²) in [6, 6.07) is 1.53. The van der Waals surface area contributed by atoms with E-state index in [1.54, 1.807) is 14.0 Å². The Kier molecular flexibility index (Phi) is 4.86. The van der Waals surface area contributed by atoms with Crippen LogP contribution in [0.4, 0.5) is 0 Å². The summed E-state index contributed by atoms with van der Waals surface area (Å²) in [5, 5.41) is 3.84. The standard InChI is InChI=1S/C17H18Cl3NO3/c1-8-10(18)7-11(19)12(14(8)20)13-15(22)17(21-16(13)23)5-3-9(24-2)4-6-17/h7,9,13H,3-6H2,1-2H3,(H,21,23). The van der Waals surface area contributed by atoms with Crippen molar-refractivity contribution in [1.82, 2.24) is 5.32 Å². The fourth-order valence-corrected chi connectivity index (χ4v) is 4.67. The number of ether oxygens (including phenoxy) is 1. The maximum Gasteiger partial charge on any atom is 0.236 e. The van der Waals surface area contributed by atoms with Gasteiger partial charge in [-0.25, -0.2) is 0 Å². The normalized spacial score (nSPS) is 30.0. The SMILES string of the molecule is COC1CCC2(CC1)NC(=O)C(c1c(Cl)cc(Cl)c(C)c1Cl)C2=O. The summed E-state index contributed by atoms with van der Waals surface area (Å²) in [7, 11) is 1.66. The molecular formula is C17H18Cl3NO3. The molecule has 1 aromatic rings. The molecule has 1 saturated heterocycles. The van der Waals surface area contributed by atoms with E-state index in [0.717, 1.165) is 12.8 Å². The summed E-state index contributed by atoms with van der Waals surface area (Å²) < 4.78 is 5.35. The molecule has 1 spiro atoms. The van der Waals surface area contributed by atoms with Gasteiger partial charge in [-0.1, -0.05) is 34.8 Å². The Morgan fingerprint density at radius 3 is 2.38 bits per heavy atom. The number of carbonyl (C=O) groups excluding carboxylic acids is 2. The molecule has 0 bridgehead atoms. The van der Waals surface area contributed by atoms with Crippen molar-refractivity contribution in [2.75, 3.05) is 7.11 Å². The first-order chi connectivity index (χ1) is 11.3. The Labute approximate surface area is 155 Å². The first-order valence-electron chi connectivity index (χ1n) is 7.84. The largest absolute Gasteiger partial charge is 0.381 e. The molecule has 1 atom stereocenters. The lowest BCUT2D eigenvalue weighted by molar-refractivity contribution is -0.126. The van der Waals surface area contributed by atoms with Crippen molar-refractivity contribution in [1.29, 1.82) is 0 Å². The fraction of sp³-hybridized carbons (Fsp3) is 0.529. The number of amides is 1. The zero-order chi connectivity index (χ0) is 17.6. The van der Waals surface area contributed by atoms with E-state index in [1.807, 2.05) is 0 Å². The second-order valence-electron chi connectivity index (χ2n) is 6.50. The summed E-state index contributed by atoms with van der Waals surface area (Å²) in [5.41, 5.74) is 0.132. The highest BCUT2D eigenvalue weighted by molar-refractivity contribution is 6.41. The van der Waals surface area contributed by atoms with Gasteiger partial charge in [-0.3, -0.25) is 9.59 Å². The van der Waals surface area contributed by atoms with Gasteiger partial charge in [0, 0.05) is 22.7 Å². The Hall–Kier alpha value is -0.810. The van der Waals surface area contributed by atoms with E-state index in [4.69, 9.17) is 39.5 Å². The molecule has 130 valence electrons. The van der Waals surface area contributed by atoms with Gasteiger partial charge in [0.05, 0.1) is 16.7 Å². The Bertz CT molecular complexity index is 712. The van der Waals surface area contributed by atoms with E-state index in [-0.39, 0.29) is 27.8 Å². The number of ketones is 1. The molecule has 2 fully saturated rings. The number of Topliss-reactive ketones (excluding diaryl/α,β-unsaturated/α-hetero) is 1.